The fraction of sp³-hybridized carbons (Fsp3) is 0.364. The van der Waals surface area contributed by atoms with Crippen LogP contribution in [0.2, 0.25) is 0 Å². The number of amides is 1. The summed E-state index contributed by atoms with van der Waals surface area (Å²) in [5.41, 5.74) is 7.48. The van der Waals surface area contributed by atoms with Gasteiger partial charge in [0, 0.05) is 24.4 Å². The lowest BCUT2D eigenvalue weighted by Gasteiger charge is -1.97. The van der Waals surface area contributed by atoms with Crippen molar-refractivity contribution in [1.82, 2.24) is 9.78 Å². The molecule has 6 heteroatoms. The molecule has 1 heterocycles. The highest BCUT2D eigenvalue weighted by Gasteiger charge is 2.07. The predicted molar refractivity (Wildman–Crippen MR) is 61.9 cm³/mol. The number of aryl methyl sites for hydroxylation is 2. The minimum absolute atomic E-state index is 0.409. The van der Waals surface area contributed by atoms with Crippen molar-refractivity contribution in [2.24, 2.45) is 12.8 Å². The van der Waals surface area contributed by atoms with Crippen molar-refractivity contribution in [2.75, 3.05) is 6.61 Å². The van der Waals surface area contributed by atoms with Crippen LogP contribution in [0.5, 0.6) is 0 Å². The van der Waals surface area contributed by atoms with Crippen LogP contribution in [-0.4, -0.2) is 28.3 Å². The molecule has 92 valence electrons. The number of esters is 1. The summed E-state index contributed by atoms with van der Waals surface area (Å²) in [6, 6.07) is 0. The van der Waals surface area contributed by atoms with E-state index in [2.05, 4.69) is 9.84 Å². The van der Waals surface area contributed by atoms with Crippen molar-refractivity contribution in [3.05, 3.63) is 23.0 Å². The summed E-state index contributed by atoms with van der Waals surface area (Å²) in [4.78, 5) is 21.6. The average molecular weight is 237 g/mol. The van der Waals surface area contributed by atoms with Gasteiger partial charge in [0.15, 0.2) is 6.61 Å². The Kier molecular flexibility index (Phi) is 4.03. The van der Waals surface area contributed by atoms with Crippen LogP contribution in [0.1, 0.15) is 17.0 Å². The van der Waals surface area contributed by atoms with Gasteiger partial charge in [-0.1, -0.05) is 0 Å². The van der Waals surface area contributed by atoms with Crippen LogP contribution in [0.4, 0.5) is 0 Å². The topological polar surface area (TPSA) is 87.2 Å². The average Bonchev–Trinajstić information content (AvgIpc) is 2.48. The maximum Gasteiger partial charge on any atom is 0.331 e. The molecule has 0 saturated heterocycles. The van der Waals surface area contributed by atoms with Gasteiger partial charge in [-0.3, -0.25) is 9.48 Å². The van der Waals surface area contributed by atoms with Crippen molar-refractivity contribution in [1.29, 1.82) is 0 Å². The zero-order valence-electron chi connectivity index (χ0n) is 10.1. The lowest BCUT2D eigenvalue weighted by Crippen LogP contribution is -2.19. The van der Waals surface area contributed by atoms with Crippen molar-refractivity contribution in [3.63, 3.8) is 0 Å². The number of carbonyl (C=O) groups excluding carboxylic acids is 2. The number of rotatable bonds is 4. The maximum absolute atomic E-state index is 11.2. The third kappa shape index (κ3) is 3.44. The highest BCUT2D eigenvalue weighted by Crippen LogP contribution is 2.13. The number of carbonyl (C=O) groups is 2. The summed E-state index contributed by atoms with van der Waals surface area (Å²) >= 11 is 0. The summed E-state index contributed by atoms with van der Waals surface area (Å²) in [7, 11) is 1.82. The number of nitrogens with zero attached hydrogens (tertiary/aromatic N) is 2. The number of hydrogen-bond donors (Lipinski definition) is 1. The lowest BCUT2D eigenvalue weighted by molar-refractivity contribution is -0.142. The summed E-state index contributed by atoms with van der Waals surface area (Å²) in [5, 5.41) is 4.20. The zero-order chi connectivity index (χ0) is 13.0. The largest absolute Gasteiger partial charge is 0.452 e. The van der Waals surface area contributed by atoms with Crippen molar-refractivity contribution in [2.45, 2.75) is 13.8 Å². The van der Waals surface area contributed by atoms with Gasteiger partial charge < -0.3 is 10.5 Å². The van der Waals surface area contributed by atoms with Gasteiger partial charge in [-0.25, -0.2) is 4.79 Å². The fourth-order valence-corrected chi connectivity index (χ4v) is 1.37. The SMILES string of the molecule is Cc1nn(C)c(C)c1/C=C/C(=O)OCC(N)=O. The number of nitrogens with two attached hydrogens (primary N) is 1. The second kappa shape index (κ2) is 5.29. The minimum atomic E-state index is -0.680. The highest BCUT2D eigenvalue weighted by molar-refractivity contribution is 5.89. The summed E-state index contributed by atoms with van der Waals surface area (Å²) in [6.07, 6.45) is 2.86. The molecule has 0 atom stereocenters. The highest BCUT2D eigenvalue weighted by atomic mass is 16.5. The lowest BCUT2D eigenvalue weighted by atomic mass is 10.2. The van der Waals surface area contributed by atoms with Crippen molar-refractivity contribution < 1.29 is 14.3 Å². The standard InChI is InChI=1S/C11H15N3O3/c1-7-9(8(2)14(3)13-7)4-5-11(16)17-6-10(12)15/h4-5H,6H2,1-3H3,(H2,12,15)/b5-4+. The van der Waals surface area contributed by atoms with E-state index in [9.17, 15) is 9.59 Å². The number of primary amides is 1. The zero-order valence-corrected chi connectivity index (χ0v) is 10.1. The van der Waals surface area contributed by atoms with Crippen LogP contribution in [0.3, 0.4) is 0 Å². The molecule has 6 nitrogen and oxygen atoms in total. The molecule has 0 spiro atoms. The van der Waals surface area contributed by atoms with E-state index >= 15 is 0 Å². The van der Waals surface area contributed by atoms with Gasteiger partial charge in [-0.05, 0) is 19.9 Å². The first-order valence-corrected chi connectivity index (χ1v) is 5.05. The first-order chi connectivity index (χ1) is 7.91. The van der Waals surface area contributed by atoms with Gasteiger partial charge in [0.2, 0.25) is 0 Å². The van der Waals surface area contributed by atoms with Gasteiger partial charge in [0.05, 0.1) is 5.69 Å². The number of aromatic nitrogens is 2. The molecule has 1 aromatic rings. The molecule has 1 rings (SSSR count). The molecule has 0 aliphatic heterocycles. The Morgan fingerprint density at radius 1 is 1.47 bits per heavy atom. The first-order valence-electron chi connectivity index (χ1n) is 5.05. The van der Waals surface area contributed by atoms with Crippen LogP contribution >= 0.6 is 0 Å². The monoisotopic (exact) mass is 237 g/mol. The molecule has 1 aromatic heterocycles. The van der Waals surface area contributed by atoms with Crippen LogP contribution in [-0.2, 0) is 21.4 Å². The fourth-order valence-electron chi connectivity index (χ4n) is 1.37. The van der Waals surface area contributed by atoms with E-state index in [1.165, 1.54) is 6.08 Å². The Bertz CT molecular complexity index is 475. The van der Waals surface area contributed by atoms with Crippen molar-refractivity contribution >= 4 is 18.0 Å². The van der Waals surface area contributed by atoms with Crippen LogP contribution in [0.15, 0.2) is 6.08 Å². The molecule has 0 bridgehead atoms. The molecule has 0 aliphatic carbocycles. The van der Waals surface area contributed by atoms with Crippen LogP contribution in [0, 0.1) is 13.8 Å². The molecule has 0 aliphatic rings. The first kappa shape index (κ1) is 13.0. The van der Waals surface area contributed by atoms with E-state index in [4.69, 9.17) is 5.73 Å². The molecule has 0 aromatic carbocycles. The molecular weight excluding hydrogens is 222 g/mol. The number of hydrogen-bond acceptors (Lipinski definition) is 4. The van der Waals surface area contributed by atoms with Gasteiger partial charge in [-0.15, -0.1) is 0 Å². The Hall–Kier alpha value is -2.11. The van der Waals surface area contributed by atoms with E-state index in [-0.39, 0.29) is 0 Å². The summed E-state index contributed by atoms with van der Waals surface area (Å²) in [6.45, 7) is 3.34. The van der Waals surface area contributed by atoms with E-state index in [0.29, 0.717) is 0 Å². The van der Waals surface area contributed by atoms with E-state index in [1.54, 1.807) is 10.8 Å². The summed E-state index contributed by atoms with van der Waals surface area (Å²) in [5.74, 6) is -1.29. The smallest absolute Gasteiger partial charge is 0.331 e. The van der Waals surface area contributed by atoms with Gasteiger partial charge >= 0.3 is 5.97 Å². The van der Waals surface area contributed by atoms with E-state index in [1.807, 2.05) is 20.9 Å². The molecule has 1 amide bonds. The van der Waals surface area contributed by atoms with E-state index in [0.717, 1.165) is 17.0 Å². The second-order valence-electron chi connectivity index (χ2n) is 3.62. The molecule has 2 N–H and O–H groups in total. The molecule has 0 fully saturated rings. The quantitative estimate of drug-likeness (QED) is 0.593. The van der Waals surface area contributed by atoms with Gasteiger partial charge in [-0.2, -0.15) is 5.10 Å². The van der Waals surface area contributed by atoms with Gasteiger partial charge in [0.25, 0.3) is 5.91 Å². The third-order valence-corrected chi connectivity index (χ3v) is 2.31. The molecule has 17 heavy (non-hydrogen) atoms. The third-order valence-electron chi connectivity index (χ3n) is 2.31. The molecule has 0 unspecified atom stereocenters. The normalized spacial score (nSPS) is 10.8. The predicted octanol–water partition coefficient (Wildman–Crippen LogP) is 0.0786. The maximum atomic E-state index is 11.2. The van der Waals surface area contributed by atoms with Crippen LogP contribution < -0.4 is 5.73 Å². The Labute approximate surface area is 99.0 Å². The van der Waals surface area contributed by atoms with E-state index < -0.39 is 18.5 Å². The molecular formula is C11H15N3O3. The number of ether oxygens (including phenoxy) is 1. The Balaban J connectivity index is 2.70. The minimum Gasteiger partial charge on any atom is -0.452 e. The Morgan fingerprint density at radius 2 is 2.12 bits per heavy atom. The van der Waals surface area contributed by atoms with Crippen LogP contribution in [0.25, 0.3) is 6.08 Å². The second-order valence-corrected chi connectivity index (χ2v) is 3.62. The molecule has 0 saturated carbocycles. The Morgan fingerprint density at radius 3 is 2.59 bits per heavy atom. The molecule has 0 radical (unpaired) electrons. The van der Waals surface area contributed by atoms with Crippen molar-refractivity contribution in [3.8, 4) is 0 Å². The van der Waals surface area contributed by atoms with Gasteiger partial charge in [0.1, 0.15) is 0 Å². The summed E-state index contributed by atoms with van der Waals surface area (Å²) < 4.78 is 6.31.